The Kier molecular flexibility index (Phi) is 4.79. The Labute approximate surface area is 121 Å². The number of rotatable bonds is 6. The molecule has 0 spiro atoms. The lowest BCUT2D eigenvalue weighted by Crippen LogP contribution is -2.24. The lowest BCUT2D eigenvalue weighted by atomic mass is 10.0. The molecular formula is C16H24N4. The molecule has 2 rings (SSSR count). The van der Waals surface area contributed by atoms with Crippen molar-refractivity contribution in [2.45, 2.75) is 19.4 Å². The van der Waals surface area contributed by atoms with Crippen molar-refractivity contribution in [3.8, 4) is 0 Å². The van der Waals surface area contributed by atoms with Crippen LogP contribution >= 0.6 is 0 Å². The van der Waals surface area contributed by atoms with Crippen LogP contribution in [0.25, 0.3) is 0 Å². The van der Waals surface area contributed by atoms with E-state index < -0.39 is 0 Å². The van der Waals surface area contributed by atoms with Crippen LogP contribution in [-0.4, -0.2) is 30.4 Å². The maximum absolute atomic E-state index is 4.56. The molecule has 20 heavy (non-hydrogen) atoms. The van der Waals surface area contributed by atoms with Crippen LogP contribution in [0.2, 0.25) is 0 Å². The molecule has 0 bridgehead atoms. The van der Waals surface area contributed by atoms with Crippen molar-refractivity contribution < 1.29 is 0 Å². The number of aryl methyl sites for hydroxylation is 1. The Bertz CT molecular complexity index is 545. The zero-order valence-corrected chi connectivity index (χ0v) is 12.8. The first-order chi connectivity index (χ1) is 9.61. The van der Waals surface area contributed by atoms with Gasteiger partial charge in [0.05, 0.1) is 11.7 Å². The van der Waals surface area contributed by atoms with Gasteiger partial charge in [0, 0.05) is 33.0 Å². The van der Waals surface area contributed by atoms with Crippen LogP contribution < -0.4 is 10.2 Å². The molecular weight excluding hydrogens is 248 g/mol. The Hall–Kier alpha value is -1.81. The van der Waals surface area contributed by atoms with Crippen molar-refractivity contribution in [2.75, 3.05) is 25.5 Å². The van der Waals surface area contributed by atoms with E-state index >= 15 is 0 Å². The standard InChI is InChI=1S/C16H24N4/c1-5-10-17-16(15-9-11-20(4)18-15)13-7-6-8-14(12-13)19(2)3/h6-9,11-12,16-17H,5,10H2,1-4H3. The first kappa shape index (κ1) is 14.6. The number of hydrogen-bond donors (Lipinski definition) is 1. The number of anilines is 1. The summed E-state index contributed by atoms with van der Waals surface area (Å²) in [5.41, 5.74) is 3.53. The summed E-state index contributed by atoms with van der Waals surface area (Å²) in [5.74, 6) is 0. The van der Waals surface area contributed by atoms with Gasteiger partial charge in [0.25, 0.3) is 0 Å². The minimum absolute atomic E-state index is 0.149. The number of aromatic nitrogens is 2. The fourth-order valence-electron chi connectivity index (χ4n) is 2.25. The van der Waals surface area contributed by atoms with Gasteiger partial charge in [0.15, 0.2) is 0 Å². The quantitative estimate of drug-likeness (QED) is 0.877. The fourth-order valence-corrected chi connectivity index (χ4v) is 2.25. The molecule has 1 unspecified atom stereocenters. The van der Waals surface area contributed by atoms with Crippen molar-refractivity contribution >= 4 is 5.69 Å². The molecule has 4 nitrogen and oxygen atoms in total. The molecule has 1 atom stereocenters. The predicted octanol–water partition coefficient (Wildman–Crippen LogP) is 2.58. The largest absolute Gasteiger partial charge is 0.378 e. The SMILES string of the molecule is CCCNC(c1cccc(N(C)C)c1)c1ccn(C)n1. The number of benzene rings is 1. The van der Waals surface area contributed by atoms with Gasteiger partial charge >= 0.3 is 0 Å². The van der Waals surface area contributed by atoms with Gasteiger partial charge in [0.2, 0.25) is 0 Å². The number of hydrogen-bond acceptors (Lipinski definition) is 3. The molecule has 0 aliphatic carbocycles. The molecule has 0 fully saturated rings. The number of nitrogens with zero attached hydrogens (tertiary/aromatic N) is 3. The van der Waals surface area contributed by atoms with Gasteiger partial charge in [-0.15, -0.1) is 0 Å². The smallest absolute Gasteiger partial charge is 0.0839 e. The molecule has 2 aromatic rings. The van der Waals surface area contributed by atoms with E-state index in [0.717, 1.165) is 18.7 Å². The number of nitrogens with one attached hydrogen (secondary N) is 1. The highest BCUT2D eigenvalue weighted by Gasteiger charge is 2.16. The van der Waals surface area contributed by atoms with Crippen LogP contribution in [0.3, 0.4) is 0 Å². The highest BCUT2D eigenvalue weighted by atomic mass is 15.3. The maximum Gasteiger partial charge on any atom is 0.0839 e. The molecule has 0 amide bonds. The summed E-state index contributed by atoms with van der Waals surface area (Å²) < 4.78 is 1.85. The summed E-state index contributed by atoms with van der Waals surface area (Å²) in [6, 6.07) is 10.8. The van der Waals surface area contributed by atoms with E-state index in [-0.39, 0.29) is 6.04 Å². The molecule has 0 radical (unpaired) electrons. The van der Waals surface area contributed by atoms with Crippen LogP contribution in [-0.2, 0) is 7.05 Å². The second kappa shape index (κ2) is 6.57. The molecule has 1 aromatic carbocycles. The zero-order valence-electron chi connectivity index (χ0n) is 12.8. The van der Waals surface area contributed by atoms with E-state index in [1.807, 2.05) is 17.9 Å². The van der Waals surface area contributed by atoms with Crippen LogP contribution in [0, 0.1) is 0 Å². The molecule has 108 valence electrons. The lowest BCUT2D eigenvalue weighted by molar-refractivity contribution is 0.575. The molecule has 0 aliphatic rings. The van der Waals surface area contributed by atoms with Gasteiger partial charge in [-0.1, -0.05) is 19.1 Å². The van der Waals surface area contributed by atoms with Gasteiger partial charge in [-0.3, -0.25) is 4.68 Å². The van der Waals surface area contributed by atoms with Gasteiger partial charge < -0.3 is 10.2 Å². The molecule has 0 aliphatic heterocycles. The summed E-state index contributed by atoms with van der Waals surface area (Å²) >= 11 is 0. The van der Waals surface area contributed by atoms with E-state index in [4.69, 9.17) is 0 Å². The average molecular weight is 272 g/mol. The van der Waals surface area contributed by atoms with Crippen LogP contribution in [0.5, 0.6) is 0 Å². The monoisotopic (exact) mass is 272 g/mol. The minimum atomic E-state index is 0.149. The molecule has 0 saturated carbocycles. The molecule has 1 N–H and O–H groups in total. The highest BCUT2D eigenvalue weighted by molar-refractivity contribution is 5.48. The summed E-state index contributed by atoms with van der Waals surface area (Å²) in [6.07, 6.45) is 3.10. The van der Waals surface area contributed by atoms with Gasteiger partial charge in [0.1, 0.15) is 0 Å². The summed E-state index contributed by atoms with van der Waals surface area (Å²) in [4.78, 5) is 2.12. The third kappa shape index (κ3) is 3.39. The van der Waals surface area contributed by atoms with Crippen molar-refractivity contribution in [3.63, 3.8) is 0 Å². The summed E-state index contributed by atoms with van der Waals surface area (Å²) in [5, 5.41) is 8.14. The Morgan fingerprint density at radius 3 is 2.70 bits per heavy atom. The van der Waals surface area contributed by atoms with Crippen molar-refractivity contribution in [1.29, 1.82) is 0 Å². The van der Waals surface area contributed by atoms with Gasteiger partial charge in [-0.05, 0) is 36.7 Å². The van der Waals surface area contributed by atoms with Gasteiger partial charge in [-0.25, -0.2) is 0 Å². The third-order valence-corrected chi connectivity index (χ3v) is 3.35. The molecule has 0 saturated heterocycles. The maximum atomic E-state index is 4.56. The van der Waals surface area contributed by atoms with Crippen LogP contribution in [0.4, 0.5) is 5.69 Å². The third-order valence-electron chi connectivity index (χ3n) is 3.35. The molecule has 1 aromatic heterocycles. The Morgan fingerprint density at radius 1 is 1.30 bits per heavy atom. The Balaban J connectivity index is 2.33. The van der Waals surface area contributed by atoms with Crippen LogP contribution in [0.1, 0.15) is 30.6 Å². The topological polar surface area (TPSA) is 33.1 Å². The van der Waals surface area contributed by atoms with Crippen molar-refractivity contribution in [3.05, 3.63) is 47.8 Å². The second-order valence-electron chi connectivity index (χ2n) is 5.29. The summed E-state index contributed by atoms with van der Waals surface area (Å²) in [7, 11) is 6.08. The predicted molar refractivity (Wildman–Crippen MR) is 84.1 cm³/mol. The average Bonchev–Trinajstić information content (AvgIpc) is 2.86. The Morgan fingerprint density at radius 2 is 2.10 bits per heavy atom. The fraction of sp³-hybridized carbons (Fsp3) is 0.438. The minimum Gasteiger partial charge on any atom is -0.378 e. The first-order valence-corrected chi connectivity index (χ1v) is 7.12. The van der Waals surface area contributed by atoms with Crippen molar-refractivity contribution in [2.24, 2.45) is 7.05 Å². The molecule has 1 heterocycles. The molecule has 4 heteroatoms. The summed E-state index contributed by atoms with van der Waals surface area (Å²) in [6.45, 7) is 3.16. The second-order valence-corrected chi connectivity index (χ2v) is 5.29. The van der Waals surface area contributed by atoms with Crippen LogP contribution in [0.15, 0.2) is 36.5 Å². The van der Waals surface area contributed by atoms with Crippen molar-refractivity contribution in [1.82, 2.24) is 15.1 Å². The van der Waals surface area contributed by atoms with E-state index in [9.17, 15) is 0 Å². The van der Waals surface area contributed by atoms with E-state index in [2.05, 4.69) is 66.7 Å². The highest BCUT2D eigenvalue weighted by Crippen LogP contribution is 2.24. The van der Waals surface area contributed by atoms with E-state index in [0.29, 0.717) is 0 Å². The van der Waals surface area contributed by atoms with E-state index in [1.54, 1.807) is 0 Å². The zero-order chi connectivity index (χ0) is 14.5. The van der Waals surface area contributed by atoms with E-state index in [1.165, 1.54) is 11.3 Å². The lowest BCUT2D eigenvalue weighted by Gasteiger charge is -2.20. The van der Waals surface area contributed by atoms with Gasteiger partial charge in [-0.2, -0.15) is 5.10 Å². The first-order valence-electron chi connectivity index (χ1n) is 7.12. The normalized spacial score (nSPS) is 12.4.